The average Bonchev–Trinajstić information content (AvgIpc) is 3.11. The first-order valence-corrected chi connectivity index (χ1v) is 20.3. The van der Waals surface area contributed by atoms with Gasteiger partial charge in [0.1, 0.15) is 13.2 Å². The third-order valence-electron chi connectivity index (χ3n) is 8.27. The minimum absolute atomic E-state index is 0.100. The molecule has 0 fully saturated rings. The van der Waals surface area contributed by atoms with E-state index in [9.17, 15) is 14.4 Å². The highest BCUT2D eigenvalue weighted by Gasteiger charge is 2.19. The lowest BCUT2D eigenvalue weighted by atomic mass is 10.1. The van der Waals surface area contributed by atoms with Crippen LogP contribution in [0.5, 0.6) is 0 Å². The van der Waals surface area contributed by atoms with Crippen molar-refractivity contribution < 1.29 is 28.6 Å². The van der Waals surface area contributed by atoms with Gasteiger partial charge >= 0.3 is 17.9 Å². The Bertz CT molecular complexity index is 944. The van der Waals surface area contributed by atoms with Crippen molar-refractivity contribution in [2.75, 3.05) is 13.2 Å². The van der Waals surface area contributed by atoms with Crippen molar-refractivity contribution in [3.8, 4) is 0 Å². The van der Waals surface area contributed by atoms with Gasteiger partial charge in [0, 0.05) is 19.3 Å². The van der Waals surface area contributed by atoms with Crippen molar-refractivity contribution in [1.82, 2.24) is 0 Å². The summed E-state index contributed by atoms with van der Waals surface area (Å²) >= 11 is 0. The molecular weight excluding hydrogens is 624 g/mol. The van der Waals surface area contributed by atoms with Gasteiger partial charge in [0.15, 0.2) is 6.10 Å². The predicted octanol–water partition coefficient (Wildman–Crippen LogP) is 12.6. The summed E-state index contributed by atoms with van der Waals surface area (Å²) in [5.41, 5.74) is 0. The molecule has 0 heterocycles. The highest BCUT2D eigenvalue weighted by atomic mass is 16.6. The zero-order valence-electron chi connectivity index (χ0n) is 32.4. The Morgan fingerprint density at radius 1 is 0.420 bits per heavy atom. The van der Waals surface area contributed by atoms with Crippen LogP contribution in [0.15, 0.2) is 60.8 Å². The molecule has 0 saturated heterocycles. The molecule has 0 aliphatic heterocycles. The minimum Gasteiger partial charge on any atom is -0.462 e. The standard InChI is InChI=1S/C44H74O6/c1-4-7-10-13-16-18-20-22-24-25-28-31-34-37-43(46)49-40-41(39-48-42(45)36-33-30-27-15-12-9-6-3)50-44(47)38-35-32-29-26-23-21-19-17-14-11-8-5-2/h7,10,16-19,22,24,28,31,41H,4-6,8-9,11-15,20-21,23,25-27,29-30,32-40H2,1-3H3/b10-7-,18-16-,19-17-,24-22-,31-28-. The van der Waals surface area contributed by atoms with Crippen LogP contribution in [-0.2, 0) is 28.6 Å². The van der Waals surface area contributed by atoms with Crippen LogP contribution >= 0.6 is 0 Å². The second kappa shape index (κ2) is 38.9. The summed E-state index contributed by atoms with van der Waals surface area (Å²) in [4.78, 5) is 37.4. The van der Waals surface area contributed by atoms with Crippen molar-refractivity contribution in [3.05, 3.63) is 60.8 Å². The van der Waals surface area contributed by atoms with Crippen molar-refractivity contribution in [1.29, 1.82) is 0 Å². The molecule has 1 unspecified atom stereocenters. The highest BCUT2D eigenvalue weighted by molar-refractivity contribution is 5.71. The molecule has 0 amide bonds. The van der Waals surface area contributed by atoms with Crippen LogP contribution in [0.3, 0.4) is 0 Å². The lowest BCUT2D eigenvalue weighted by Gasteiger charge is -2.18. The van der Waals surface area contributed by atoms with E-state index in [2.05, 4.69) is 69.4 Å². The quantitative estimate of drug-likeness (QED) is 0.0284. The first kappa shape index (κ1) is 47.1. The Hall–Kier alpha value is -2.89. The number of allylic oxidation sites excluding steroid dienone is 10. The molecule has 0 aromatic heterocycles. The van der Waals surface area contributed by atoms with Gasteiger partial charge in [0.05, 0.1) is 0 Å². The molecule has 50 heavy (non-hydrogen) atoms. The number of ether oxygens (including phenoxy) is 3. The third-order valence-corrected chi connectivity index (χ3v) is 8.27. The van der Waals surface area contributed by atoms with E-state index in [1.807, 2.05) is 12.2 Å². The summed E-state index contributed by atoms with van der Waals surface area (Å²) in [6.07, 6.45) is 45.1. The van der Waals surface area contributed by atoms with Gasteiger partial charge in [-0.15, -0.1) is 0 Å². The monoisotopic (exact) mass is 699 g/mol. The van der Waals surface area contributed by atoms with Crippen LogP contribution < -0.4 is 0 Å². The van der Waals surface area contributed by atoms with Crippen molar-refractivity contribution in [3.63, 3.8) is 0 Å². The summed E-state index contributed by atoms with van der Waals surface area (Å²) < 4.78 is 16.5. The highest BCUT2D eigenvalue weighted by Crippen LogP contribution is 2.12. The maximum Gasteiger partial charge on any atom is 0.306 e. The number of unbranched alkanes of at least 4 members (excludes halogenated alkanes) is 14. The molecule has 0 aromatic carbocycles. The van der Waals surface area contributed by atoms with Gasteiger partial charge in [-0.25, -0.2) is 0 Å². The molecule has 286 valence electrons. The van der Waals surface area contributed by atoms with Gasteiger partial charge in [-0.05, 0) is 70.6 Å². The van der Waals surface area contributed by atoms with Crippen LogP contribution in [0.1, 0.15) is 181 Å². The Kier molecular flexibility index (Phi) is 36.7. The van der Waals surface area contributed by atoms with Crippen LogP contribution in [0, 0.1) is 0 Å². The average molecular weight is 699 g/mol. The molecule has 0 spiro atoms. The Balaban J connectivity index is 4.48. The lowest BCUT2D eigenvalue weighted by molar-refractivity contribution is -0.166. The maximum atomic E-state index is 12.6. The summed E-state index contributed by atoms with van der Waals surface area (Å²) in [5.74, 6) is -1.01. The Morgan fingerprint density at radius 2 is 0.820 bits per heavy atom. The first-order valence-electron chi connectivity index (χ1n) is 20.3. The van der Waals surface area contributed by atoms with E-state index in [1.54, 1.807) is 0 Å². The largest absolute Gasteiger partial charge is 0.462 e. The molecule has 0 bridgehead atoms. The van der Waals surface area contributed by atoms with Crippen LogP contribution in [0.25, 0.3) is 0 Å². The summed E-state index contributed by atoms with van der Waals surface area (Å²) in [6, 6.07) is 0. The number of rotatable bonds is 35. The lowest BCUT2D eigenvalue weighted by Crippen LogP contribution is -2.30. The number of hydrogen-bond donors (Lipinski definition) is 0. The fraction of sp³-hybridized carbons (Fsp3) is 0.705. The van der Waals surface area contributed by atoms with Crippen molar-refractivity contribution in [2.24, 2.45) is 0 Å². The van der Waals surface area contributed by atoms with Crippen LogP contribution in [-0.4, -0.2) is 37.2 Å². The van der Waals surface area contributed by atoms with E-state index in [0.29, 0.717) is 19.3 Å². The smallest absolute Gasteiger partial charge is 0.306 e. The molecule has 0 N–H and O–H groups in total. The molecule has 6 heteroatoms. The van der Waals surface area contributed by atoms with E-state index >= 15 is 0 Å². The summed E-state index contributed by atoms with van der Waals surface area (Å²) in [5, 5.41) is 0. The normalized spacial score (nSPS) is 12.6. The number of carbonyl (C=O) groups is 3. The predicted molar refractivity (Wildman–Crippen MR) is 210 cm³/mol. The molecule has 0 aliphatic rings. The topological polar surface area (TPSA) is 78.9 Å². The minimum atomic E-state index is -0.800. The molecule has 0 aliphatic carbocycles. The molecule has 6 nitrogen and oxygen atoms in total. The maximum absolute atomic E-state index is 12.6. The van der Waals surface area contributed by atoms with Crippen LogP contribution in [0.2, 0.25) is 0 Å². The van der Waals surface area contributed by atoms with Crippen molar-refractivity contribution >= 4 is 17.9 Å². The molecule has 0 rings (SSSR count). The molecular formula is C44H74O6. The Morgan fingerprint density at radius 3 is 1.38 bits per heavy atom. The molecule has 1 atom stereocenters. The second-order valence-corrected chi connectivity index (χ2v) is 13.2. The SMILES string of the molecule is CC/C=C\C/C=C\C/C=C\C/C=C\CCC(=O)OCC(COC(=O)CCCCCCCCC)OC(=O)CCCCCCC/C=C\CCCCC. The number of esters is 3. The summed E-state index contributed by atoms with van der Waals surface area (Å²) in [7, 11) is 0. The van der Waals surface area contributed by atoms with E-state index in [0.717, 1.165) is 77.0 Å². The zero-order chi connectivity index (χ0) is 36.6. The van der Waals surface area contributed by atoms with Gasteiger partial charge in [-0.1, -0.05) is 152 Å². The van der Waals surface area contributed by atoms with E-state index in [-0.39, 0.29) is 37.5 Å². The van der Waals surface area contributed by atoms with Crippen molar-refractivity contribution in [2.45, 2.75) is 187 Å². The second-order valence-electron chi connectivity index (χ2n) is 13.2. The van der Waals surface area contributed by atoms with Gasteiger partial charge in [0.2, 0.25) is 0 Å². The fourth-order valence-corrected chi connectivity index (χ4v) is 5.21. The first-order chi connectivity index (χ1) is 24.5. The summed E-state index contributed by atoms with van der Waals surface area (Å²) in [6.45, 7) is 6.35. The van der Waals surface area contributed by atoms with Gasteiger partial charge in [-0.3, -0.25) is 14.4 Å². The molecule has 0 radical (unpaired) electrons. The van der Waals surface area contributed by atoms with Gasteiger partial charge in [-0.2, -0.15) is 0 Å². The molecule has 0 saturated carbocycles. The number of carbonyl (C=O) groups excluding carboxylic acids is 3. The van der Waals surface area contributed by atoms with Gasteiger partial charge in [0.25, 0.3) is 0 Å². The van der Waals surface area contributed by atoms with Crippen LogP contribution in [0.4, 0.5) is 0 Å². The molecule has 0 aromatic rings. The van der Waals surface area contributed by atoms with Gasteiger partial charge < -0.3 is 14.2 Å². The zero-order valence-corrected chi connectivity index (χ0v) is 32.4. The Labute approximate surface area is 307 Å². The number of hydrogen-bond acceptors (Lipinski definition) is 6. The van der Waals surface area contributed by atoms with E-state index in [4.69, 9.17) is 14.2 Å². The third kappa shape index (κ3) is 36.4. The van der Waals surface area contributed by atoms with E-state index < -0.39 is 6.10 Å². The van der Waals surface area contributed by atoms with E-state index in [1.165, 1.54) is 57.8 Å². The fourth-order valence-electron chi connectivity index (χ4n) is 5.21.